The molecule has 0 heterocycles. The van der Waals surface area contributed by atoms with E-state index in [9.17, 15) is 4.79 Å². The highest BCUT2D eigenvalue weighted by molar-refractivity contribution is 5.77. The summed E-state index contributed by atoms with van der Waals surface area (Å²) in [6.45, 7) is 7.04. The molecule has 0 aliphatic heterocycles. The molecule has 0 spiro atoms. The SMILES string of the molecule is C=C(C)CN=C(N)NCCCCCCC(=O)OC. The quantitative estimate of drug-likeness (QED) is 0.216. The molecule has 0 aliphatic carbocycles. The Morgan fingerprint density at radius 2 is 2.00 bits per heavy atom. The zero-order valence-corrected chi connectivity index (χ0v) is 11.5. The molecule has 0 amide bonds. The van der Waals surface area contributed by atoms with Crippen molar-refractivity contribution < 1.29 is 9.53 Å². The van der Waals surface area contributed by atoms with Gasteiger partial charge in [-0.25, -0.2) is 4.99 Å². The summed E-state index contributed by atoms with van der Waals surface area (Å²) in [5, 5.41) is 3.04. The summed E-state index contributed by atoms with van der Waals surface area (Å²) in [6, 6.07) is 0. The lowest BCUT2D eigenvalue weighted by molar-refractivity contribution is -0.140. The van der Waals surface area contributed by atoms with Crippen LogP contribution in [0.2, 0.25) is 0 Å². The van der Waals surface area contributed by atoms with Gasteiger partial charge in [-0.1, -0.05) is 25.0 Å². The van der Waals surface area contributed by atoms with Crippen molar-refractivity contribution in [3.05, 3.63) is 12.2 Å². The fourth-order valence-corrected chi connectivity index (χ4v) is 1.34. The molecular formula is C13H25N3O2. The van der Waals surface area contributed by atoms with Gasteiger partial charge in [0.2, 0.25) is 0 Å². The molecule has 0 bridgehead atoms. The lowest BCUT2D eigenvalue weighted by Gasteiger charge is -2.05. The Bertz CT molecular complexity index is 288. The second-order valence-electron chi connectivity index (χ2n) is 4.33. The number of ether oxygens (including phenoxy) is 1. The van der Waals surface area contributed by atoms with Crippen molar-refractivity contribution in [1.82, 2.24) is 5.32 Å². The summed E-state index contributed by atoms with van der Waals surface area (Å²) < 4.78 is 4.56. The van der Waals surface area contributed by atoms with Gasteiger partial charge in [0.05, 0.1) is 13.7 Å². The van der Waals surface area contributed by atoms with E-state index in [-0.39, 0.29) is 5.97 Å². The number of rotatable bonds is 9. The van der Waals surface area contributed by atoms with Gasteiger partial charge in [-0.05, 0) is 19.8 Å². The number of nitrogens with zero attached hydrogens (tertiary/aromatic N) is 1. The van der Waals surface area contributed by atoms with E-state index in [0.717, 1.165) is 37.8 Å². The molecule has 18 heavy (non-hydrogen) atoms. The molecule has 5 heteroatoms. The fourth-order valence-electron chi connectivity index (χ4n) is 1.34. The maximum absolute atomic E-state index is 10.8. The van der Waals surface area contributed by atoms with Crippen LogP contribution >= 0.6 is 0 Å². The Morgan fingerprint density at radius 3 is 2.61 bits per heavy atom. The van der Waals surface area contributed by atoms with Gasteiger partial charge in [-0.2, -0.15) is 0 Å². The third-order valence-electron chi connectivity index (χ3n) is 2.36. The number of esters is 1. The molecule has 0 radical (unpaired) electrons. The van der Waals surface area contributed by atoms with Crippen molar-refractivity contribution >= 4 is 11.9 Å². The smallest absolute Gasteiger partial charge is 0.305 e. The summed E-state index contributed by atoms with van der Waals surface area (Å²) in [4.78, 5) is 15.0. The first-order valence-corrected chi connectivity index (χ1v) is 6.31. The average molecular weight is 255 g/mol. The Labute approximate surface area is 109 Å². The molecule has 0 atom stereocenters. The predicted molar refractivity (Wildman–Crippen MR) is 74.4 cm³/mol. The second kappa shape index (κ2) is 10.6. The topological polar surface area (TPSA) is 76.7 Å². The number of hydrogen-bond donors (Lipinski definition) is 2. The standard InChI is InChI=1S/C13H25N3O2/c1-11(2)10-16-13(14)15-9-7-5-4-6-8-12(17)18-3/h1,4-10H2,2-3H3,(H3,14,15,16). The van der Waals surface area contributed by atoms with Gasteiger partial charge in [0.25, 0.3) is 0 Å². The largest absolute Gasteiger partial charge is 0.469 e. The van der Waals surface area contributed by atoms with Crippen molar-refractivity contribution in [3.8, 4) is 0 Å². The van der Waals surface area contributed by atoms with Crippen LogP contribution in [-0.2, 0) is 9.53 Å². The van der Waals surface area contributed by atoms with Gasteiger partial charge in [-0.15, -0.1) is 0 Å². The molecular weight excluding hydrogens is 230 g/mol. The molecule has 0 saturated heterocycles. The van der Waals surface area contributed by atoms with Crippen LogP contribution < -0.4 is 11.1 Å². The molecule has 0 aromatic rings. The van der Waals surface area contributed by atoms with Crippen LogP contribution in [0.25, 0.3) is 0 Å². The number of aliphatic imine (C=N–C) groups is 1. The molecule has 0 rings (SSSR count). The maximum atomic E-state index is 10.8. The van der Waals surface area contributed by atoms with Gasteiger partial charge in [0.1, 0.15) is 0 Å². The number of methoxy groups -OCH3 is 1. The molecule has 0 unspecified atom stereocenters. The van der Waals surface area contributed by atoms with E-state index in [1.54, 1.807) is 0 Å². The third-order valence-corrected chi connectivity index (χ3v) is 2.36. The van der Waals surface area contributed by atoms with Crippen LogP contribution in [0.4, 0.5) is 0 Å². The number of guanidine groups is 1. The molecule has 0 aliphatic rings. The normalized spacial score (nSPS) is 11.1. The monoisotopic (exact) mass is 255 g/mol. The van der Waals surface area contributed by atoms with Crippen molar-refractivity contribution in [2.45, 2.75) is 39.0 Å². The predicted octanol–water partition coefficient (Wildman–Crippen LogP) is 1.59. The minimum absolute atomic E-state index is 0.135. The second-order valence-corrected chi connectivity index (χ2v) is 4.33. The van der Waals surface area contributed by atoms with Crippen molar-refractivity contribution in [2.24, 2.45) is 10.7 Å². The fraction of sp³-hybridized carbons (Fsp3) is 0.692. The van der Waals surface area contributed by atoms with Gasteiger partial charge in [0.15, 0.2) is 5.96 Å². The van der Waals surface area contributed by atoms with E-state index in [1.807, 2.05) is 6.92 Å². The van der Waals surface area contributed by atoms with E-state index in [0.29, 0.717) is 18.9 Å². The van der Waals surface area contributed by atoms with Crippen LogP contribution in [0.3, 0.4) is 0 Å². The molecule has 0 saturated carbocycles. The zero-order chi connectivity index (χ0) is 13.8. The third kappa shape index (κ3) is 11.0. The summed E-state index contributed by atoms with van der Waals surface area (Å²) in [5.41, 5.74) is 6.65. The van der Waals surface area contributed by atoms with Gasteiger partial charge in [-0.3, -0.25) is 4.79 Å². The number of nitrogens with one attached hydrogen (secondary N) is 1. The lowest BCUT2D eigenvalue weighted by atomic mass is 10.1. The van der Waals surface area contributed by atoms with Crippen LogP contribution in [-0.4, -0.2) is 32.1 Å². The molecule has 0 aromatic heterocycles. The first kappa shape index (κ1) is 16.5. The van der Waals surface area contributed by atoms with Crippen LogP contribution in [0.15, 0.2) is 17.1 Å². The van der Waals surface area contributed by atoms with E-state index in [2.05, 4.69) is 21.6 Å². The van der Waals surface area contributed by atoms with Crippen LogP contribution in [0, 0.1) is 0 Å². The van der Waals surface area contributed by atoms with E-state index < -0.39 is 0 Å². The van der Waals surface area contributed by atoms with E-state index >= 15 is 0 Å². The number of hydrogen-bond acceptors (Lipinski definition) is 3. The lowest BCUT2D eigenvalue weighted by Crippen LogP contribution is -2.32. The van der Waals surface area contributed by atoms with E-state index in [1.165, 1.54) is 7.11 Å². The number of nitrogens with two attached hydrogens (primary N) is 1. The number of unbranched alkanes of at least 4 members (excludes halogenated alkanes) is 3. The van der Waals surface area contributed by atoms with Crippen LogP contribution in [0.1, 0.15) is 39.0 Å². The highest BCUT2D eigenvalue weighted by Crippen LogP contribution is 2.03. The molecule has 0 aromatic carbocycles. The molecule has 104 valence electrons. The first-order chi connectivity index (χ1) is 8.56. The summed E-state index contributed by atoms with van der Waals surface area (Å²) in [7, 11) is 1.42. The minimum Gasteiger partial charge on any atom is -0.469 e. The summed E-state index contributed by atoms with van der Waals surface area (Å²) >= 11 is 0. The highest BCUT2D eigenvalue weighted by Gasteiger charge is 1.99. The molecule has 3 N–H and O–H groups in total. The Kier molecular flexibility index (Phi) is 9.73. The van der Waals surface area contributed by atoms with E-state index in [4.69, 9.17) is 5.73 Å². The summed E-state index contributed by atoms with van der Waals surface area (Å²) in [6.07, 6.45) is 4.50. The zero-order valence-electron chi connectivity index (χ0n) is 11.5. The maximum Gasteiger partial charge on any atom is 0.305 e. The van der Waals surface area contributed by atoms with Crippen molar-refractivity contribution in [1.29, 1.82) is 0 Å². The number of carbonyl (C=O) groups excluding carboxylic acids is 1. The van der Waals surface area contributed by atoms with Gasteiger partial charge in [0, 0.05) is 13.0 Å². The number of carbonyl (C=O) groups is 1. The Morgan fingerprint density at radius 1 is 1.33 bits per heavy atom. The van der Waals surface area contributed by atoms with Gasteiger partial charge < -0.3 is 15.8 Å². The Hall–Kier alpha value is -1.52. The van der Waals surface area contributed by atoms with Crippen LogP contribution in [0.5, 0.6) is 0 Å². The van der Waals surface area contributed by atoms with Crippen molar-refractivity contribution in [3.63, 3.8) is 0 Å². The highest BCUT2D eigenvalue weighted by atomic mass is 16.5. The minimum atomic E-state index is -0.135. The molecule has 0 fully saturated rings. The summed E-state index contributed by atoms with van der Waals surface area (Å²) in [5.74, 6) is 0.330. The van der Waals surface area contributed by atoms with Crippen molar-refractivity contribution in [2.75, 3.05) is 20.2 Å². The Balaban J connectivity index is 3.37. The molecule has 5 nitrogen and oxygen atoms in total. The first-order valence-electron chi connectivity index (χ1n) is 6.31. The average Bonchev–Trinajstić information content (AvgIpc) is 2.34. The van der Waals surface area contributed by atoms with Gasteiger partial charge >= 0.3 is 5.97 Å².